The number of rotatable bonds is 5. The molecule has 0 aliphatic carbocycles. The summed E-state index contributed by atoms with van der Waals surface area (Å²) in [5.74, 6) is 1.64. The first-order valence-electron chi connectivity index (χ1n) is 7.59. The molecule has 2 fully saturated rings. The van der Waals surface area contributed by atoms with Crippen molar-refractivity contribution < 1.29 is 4.52 Å². The molecule has 2 atom stereocenters. The minimum atomic E-state index is 0.386. The molecule has 0 saturated carbocycles. The number of aromatic nitrogens is 2. The number of aryl methyl sites for hydroxylation is 1. The van der Waals surface area contributed by atoms with Gasteiger partial charge in [-0.25, -0.2) is 0 Å². The second kappa shape index (κ2) is 5.59. The molecule has 3 rings (SSSR count). The molecular weight excluding hydrogens is 240 g/mol. The summed E-state index contributed by atoms with van der Waals surface area (Å²) in [6.45, 7) is 2.98. The van der Waals surface area contributed by atoms with E-state index >= 15 is 0 Å². The number of unbranched alkanes of at least 4 members (excludes halogenated alkanes) is 1. The van der Waals surface area contributed by atoms with Gasteiger partial charge in [-0.1, -0.05) is 18.5 Å². The lowest BCUT2D eigenvalue weighted by atomic mass is 9.98. The molecule has 106 valence electrons. The number of fused-ring (bicyclic) bond motifs is 2. The third-order valence-corrected chi connectivity index (χ3v) is 4.50. The van der Waals surface area contributed by atoms with E-state index in [1.165, 1.54) is 12.8 Å². The Morgan fingerprint density at radius 2 is 2.05 bits per heavy atom. The van der Waals surface area contributed by atoms with E-state index in [0.29, 0.717) is 18.1 Å². The second-order valence-electron chi connectivity index (χ2n) is 6.00. The molecule has 5 nitrogen and oxygen atoms in total. The SMILES string of the molecule is CCCCc1noc(CN2C3CCC2CC(N)C3)n1. The molecule has 19 heavy (non-hydrogen) atoms. The zero-order chi connectivity index (χ0) is 13.2. The van der Waals surface area contributed by atoms with E-state index in [1.807, 2.05) is 0 Å². The Labute approximate surface area is 114 Å². The van der Waals surface area contributed by atoms with Crippen molar-refractivity contribution in [2.45, 2.75) is 76.5 Å². The minimum absolute atomic E-state index is 0.386. The molecule has 2 aliphatic rings. The first-order chi connectivity index (χ1) is 9.26. The van der Waals surface area contributed by atoms with Gasteiger partial charge in [-0.05, 0) is 32.1 Å². The van der Waals surface area contributed by atoms with Gasteiger partial charge in [0, 0.05) is 24.5 Å². The van der Waals surface area contributed by atoms with Crippen LogP contribution in [0.15, 0.2) is 4.52 Å². The highest BCUT2D eigenvalue weighted by molar-refractivity contribution is 4.98. The fraction of sp³-hybridized carbons (Fsp3) is 0.857. The maximum atomic E-state index is 6.09. The van der Waals surface area contributed by atoms with Crippen molar-refractivity contribution >= 4 is 0 Å². The fourth-order valence-corrected chi connectivity index (χ4v) is 3.52. The Bertz CT molecular complexity index is 405. The Morgan fingerprint density at radius 3 is 2.74 bits per heavy atom. The molecule has 0 radical (unpaired) electrons. The highest BCUT2D eigenvalue weighted by Gasteiger charge is 2.40. The van der Waals surface area contributed by atoms with Gasteiger partial charge in [0.15, 0.2) is 5.82 Å². The molecule has 1 aromatic heterocycles. The van der Waals surface area contributed by atoms with E-state index in [9.17, 15) is 0 Å². The zero-order valence-corrected chi connectivity index (χ0v) is 11.7. The van der Waals surface area contributed by atoms with Crippen LogP contribution in [0.2, 0.25) is 0 Å². The lowest BCUT2D eigenvalue weighted by molar-refractivity contribution is 0.105. The Balaban J connectivity index is 1.61. The summed E-state index contributed by atoms with van der Waals surface area (Å²) in [5.41, 5.74) is 6.09. The van der Waals surface area contributed by atoms with Crippen LogP contribution in [0.25, 0.3) is 0 Å². The topological polar surface area (TPSA) is 68.2 Å². The average molecular weight is 264 g/mol. The molecular formula is C14H24N4O. The Hall–Kier alpha value is -0.940. The lowest BCUT2D eigenvalue weighted by Gasteiger charge is -2.36. The van der Waals surface area contributed by atoms with Crippen molar-refractivity contribution in [1.82, 2.24) is 15.0 Å². The molecule has 0 aromatic carbocycles. The smallest absolute Gasteiger partial charge is 0.240 e. The van der Waals surface area contributed by atoms with Gasteiger partial charge >= 0.3 is 0 Å². The first kappa shape index (κ1) is 13.1. The highest BCUT2D eigenvalue weighted by Crippen LogP contribution is 2.35. The first-order valence-corrected chi connectivity index (χ1v) is 7.59. The highest BCUT2D eigenvalue weighted by atomic mass is 16.5. The quantitative estimate of drug-likeness (QED) is 0.879. The van der Waals surface area contributed by atoms with Crippen molar-refractivity contribution in [3.63, 3.8) is 0 Å². The van der Waals surface area contributed by atoms with E-state index in [0.717, 1.165) is 50.4 Å². The van der Waals surface area contributed by atoms with Crippen LogP contribution in [0.3, 0.4) is 0 Å². The molecule has 2 saturated heterocycles. The molecule has 5 heteroatoms. The molecule has 3 heterocycles. The normalized spacial score (nSPS) is 30.9. The summed E-state index contributed by atoms with van der Waals surface area (Å²) >= 11 is 0. The second-order valence-corrected chi connectivity index (χ2v) is 6.00. The monoisotopic (exact) mass is 264 g/mol. The van der Waals surface area contributed by atoms with Gasteiger partial charge in [-0.3, -0.25) is 4.90 Å². The van der Waals surface area contributed by atoms with Crippen LogP contribution in [0.4, 0.5) is 0 Å². The summed E-state index contributed by atoms with van der Waals surface area (Å²) in [6.07, 6.45) is 8.00. The fourth-order valence-electron chi connectivity index (χ4n) is 3.52. The number of piperidine rings is 1. The molecule has 2 unspecified atom stereocenters. The van der Waals surface area contributed by atoms with E-state index in [2.05, 4.69) is 22.0 Å². The van der Waals surface area contributed by atoms with Crippen LogP contribution in [-0.2, 0) is 13.0 Å². The van der Waals surface area contributed by atoms with Crippen LogP contribution in [0.5, 0.6) is 0 Å². The van der Waals surface area contributed by atoms with Gasteiger partial charge < -0.3 is 10.3 Å². The molecule has 2 bridgehead atoms. The van der Waals surface area contributed by atoms with Gasteiger partial charge in [-0.2, -0.15) is 4.98 Å². The minimum Gasteiger partial charge on any atom is -0.338 e. The van der Waals surface area contributed by atoms with Gasteiger partial charge in [0.05, 0.1) is 6.54 Å². The van der Waals surface area contributed by atoms with Crippen LogP contribution in [-0.4, -0.2) is 33.2 Å². The van der Waals surface area contributed by atoms with Crippen molar-refractivity contribution in [1.29, 1.82) is 0 Å². The molecule has 2 aliphatic heterocycles. The van der Waals surface area contributed by atoms with Crippen LogP contribution in [0.1, 0.15) is 57.2 Å². The molecule has 0 amide bonds. The third kappa shape index (κ3) is 2.82. The lowest BCUT2D eigenvalue weighted by Crippen LogP contribution is -2.46. The van der Waals surface area contributed by atoms with E-state index in [-0.39, 0.29) is 0 Å². The maximum absolute atomic E-state index is 6.09. The number of nitrogens with two attached hydrogens (primary N) is 1. The third-order valence-electron chi connectivity index (χ3n) is 4.50. The van der Waals surface area contributed by atoms with Crippen molar-refractivity contribution in [3.05, 3.63) is 11.7 Å². The predicted molar refractivity (Wildman–Crippen MR) is 72.5 cm³/mol. The predicted octanol–water partition coefficient (Wildman–Crippen LogP) is 1.87. The van der Waals surface area contributed by atoms with Crippen molar-refractivity contribution in [3.8, 4) is 0 Å². The number of nitrogens with zero attached hydrogens (tertiary/aromatic N) is 3. The Morgan fingerprint density at radius 1 is 1.32 bits per heavy atom. The molecule has 1 aromatic rings. The summed E-state index contributed by atoms with van der Waals surface area (Å²) in [5, 5.41) is 4.07. The van der Waals surface area contributed by atoms with E-state index in [4.69, 9.17) is 10.3 Å². The number of hydrogen-bond donors (Lipinski definition) is 1. The van der Waals surface area contributed by atoms with Gasteiger partial charge in [0.25, 0.3) is 0 Å². The van der Waals surface area contributed by atoms with Crippen LogP contribution in [0, 0.1) is 0 Å². The molecule has 2 N–H and O–H groups in total. The van der Waals surface area contributed by atoms with Crippen LogP contribution < -0.4 is 5.73 Å². The van der Waals surface area contributed by atoms with Gasteiger partial charge in [0.1, 0.15) is 0 Å². The van der Waals surface area contributed by atoms with E-state index in [1.54, 1.807) is 0 Å². The van der Waals surface area contributed by atoms with Crippen LogP contribution >= 0.6 is 0 Å². The van der Waals surface area contributed by atoms with Gasteiger partial charge in [0.2, 0.25) is 5.89 Å². The summed E-state index contributed by atoms with van der Waals surface area (Å²) in [6, 6.07) is 1.64. The standard InChI is InChI=1S/C14H24N4O/c1-2-3-4-13-16-14(19-17-13)9-18-11-5-6-12(18)8-10(15)7-11/h10-12H,2-9,15H2,1H3. The Kier molecular flexibility index (Phi) is 3.84. The van der Waals surface area contributed by atoms with Crippen molar-refractivity contribution in [2.24, 2.45) is 5.73 Å². The maximum Gasteiger partial charge on any atom is 0.240 e. The number of hydrogen-bond acceptors (Lipinski definition) is 5. The average Bonchev–Trinajstić information content (AvgIpc) is 2.92. The zero-order valence-electron chi connectivity index (χ0n) is 11.7. The summed E-state index contributed by atoms with van der Waals surface area (Å²) < 4.78 is 5.38. The summed E-state index contributed by atoms with van der Waals surface area (Å²) in [7, 11) is 0. The largest absolute Gasteiger partial charge is 0.338 e. The van der Waals surface area contributed by atoms with E-state index < -0.39 is 0 Å². The molecule has 0 spiro atoms. The van der Waals surface area contributed by atoms with Gasteiger partial charge in [-0.15, -0.1) is 0 Å². The summed E-state index contributed by atoms with van der Waals surface area (Å²) in [4.78, 5) is 7.04. The van der Waals surface area contributed by atoms with Crippen molar-refractivity contribution in [2.75, 3.05) is 0 Å².